The zero-order chi connectivity index (χ0) is 19.6. The molecule has 1 amide bonds. The molecule has 1 unspecified atom stereocenters. The normalized spacial score (nSPS) is 16.6. The van der Waals surface area contributed by atoms with Gasteiger partial charge in [-0.2, -0.15) is 5.26 Å². The van der Waals surface area contributed by atoms with E-state index >= 15 is 0 Å². The first-order chi connectivity index (χ1) is 12.9. The summed E-state index contributed by atoms with van der Waals surface area (Å²) in [5.74, 6) is -0.371. The number of hydrogen-bond donors (Lipinski definition) is 1. The Morgan fingerprint density at radius 3 is 2.96 bits per heavy atom. The van der Waals surface area contributed by atoms with Crippen LogP contribution >= 0.6 is 23.2 Å². The number of imidazole rings is 1. The van der Waals surface area contributed by atoms with Gasteiger partial charge in [-0.05, 0) is 24.1 Å². The molecule has 0 saturated heterocycles. The number of pyridine rings is 1. The van der Waals surface area contributed by atoms with Gasteiger partial charge in [0.05, 0.1) is 18.0 Å². The Labute approximate surface area is 165 Å². The molecular weight excluding hydrogens is 389 g/mol. The molecule has 27 heavy (non-hydrogen) atoms. The second-order valence-electron chi connectivity index (χ2n) is 6.25. The molecule has 140 valence electrons. The number of nitriles is 1. The summed E-state index contributed by atoms with van der Waals surface area (Å²) >= 11 is 12.2. The number of amides is 1. The summed E-state index contributed by atoms with van der Waals surface area (Å²) in [6, 6.07) is 3.82. The zero-order valence-corrected chi connectivity index (χ0v) is 16.1. The second kappa shape index (κ2) is 7.99. The average molecular weight is 406 g/mol. The smallest absolute Gasteiger partial charge is 0.330 e. The van der Waals surface area contributed by atoms with Crippen LogP contribution < -0.4 is 11.0 Å². The fourth-order valence-corrected chi connectivity index (χ4v) is 3.65. The van der Waals surface area contributed by atoms with Gasteiger partial charge < -0.3 is 5.32 Å². The lowest BCUT2D eigenvalue weighted by molar-refractivity contribution is -0.121. The fourth-order valence-electron chi connectivity index (χ4n) is 3.03. The summed E-state index contributed by atoms with van der Waals surface area (Å²) in [5.41, 5.74) is 1.60. The first-order valence-corrected chi connectivity index (χ1v) is 9.08. The maximum atomic E-state index is 12.5. The number of hydrogen-bond acceptors (Lipinski definition) is 4. The number of carbonyl (C=O) groups is 1. The molecule has 0 saturated carbocycles. The minimum absolute atomic E-state index is 0.0281. The Morgan fingerprint density at radius 1 is 1.48 bits per heavy atom. The van der Waals surface area contributed by atoms with Crippen molar-refractivity contribution in [1.82, 2.24) is 19.4 Å². The van der Waals surface area contributed by atoms with Crippen molar-refractivity contribution in [3.63, 3.8) is 0 Å². The van der Waals surface area contributed by atoms with Gasteiger partial charge in [0.15, 0.2) is 5.65 Å². The standard InChI is InChI=1S/C18H17Cl2N5O2/c1-24-15-7-12(11-5-13(19)8-14(20)6-11)9-23-17(15)25(18(24)27)10-16(26)22-4-2-3-21/h5,7-9,11H,2,4,6,10H2,1H3,(H,22,26). The largest absolute Gasteiger partial charge is 0.354 e. The number of halogens is 2. The van der Waals surface area contributed by atoms with Gasteiger partial charge in [0.2, 0.25) is 5.91 Å². The number of allylic oxidation sites excluding steroid dienone is 4. The van der Waals surface area contributed by atoms with Gasteiger partial charge >= 0.3 is 5.69 Å². The van der Waals surface area contributed by atoms with E-state index in [2.05, 4.69) is 10.3 Å². The van der Waals surface area contributed by atoms with Gasteiger partial charge in [0, 0.05) is 35.8 Å². The van der Waals surface area contributed by atoms with E-state index < -0.39 is 0 Å². The van der Waals surface area contributed by atoms with Crippen LogP contribution in [-0.2, 0) is 18.4 Å². The van der Waals surface area contributed by atoms with Crippen molar-refractivity contribution < 1.29 is 4.79 Å². The van der Waals surface area contributed by atoms with Gasteiger partial charge in [-0.3, -0.25) is 13.9 Å². The van der Waals surface area contributed by atoms with Gasteiger partial charge in [-0.25, -0.2) is 9.78 Å². The molecule has 0 spiro atoms. The highest BCUT2D eigenvalue weighted by Crippen LogP contribution is 2.34. The van der Waals surface area contributed by atoms with E-state index in [1.165, 1.54) is 9.13 Å². The summed E-state index contributed by atoms with van der Waals surface area (Å²) in [7, 11) is 1.64. The van der Waals surface area contributed by atoms with Gasteiger partial charge in [0.1, 0.15) is 6.54 Å². The summed E-state index contributed by atoms with van der Waals surface area (Å²) in [5, 5.41) is 12.4. The zero-order valence-electron chi connectivity index (χ0n) is 14.6. The molecule has 0 fully saturated rings. The lowest BCUT2D eigenvalue weighted by Crippen LogP contribution is -2.33. The lowest BCUT2D eigenvalue weighted by atomic mass is 9.93. The first-order valence-electron chi connectivity index (χ1n) is 8.33. The van der Waals surface area contributed by atoms with Gasteiger partial charge in [-0.15, -0.1) is 0 Å². The van der Waals surface area contributed by atoms with Crippen LogP contribution in [0.15, 0.2) is 39.3 Å². The Hall–Kier alpha value is -2.56. The van der Waals surface area contributed by atoms with E-state index in [0.29, 0.717) is 27.6 Å². The van der Waals surface area contributed by atoms with E-state index in [4.69, 9.17) is 28.5 Å². The molecule has 1 atom stereocenters. The molecule has 2 aromatic rings. The fraction of sp³-hybridized carbons (Fsp3) is 0.333. The van der Waals surface area contributed by atoms with E-state index in [9.17, 15) is 9.59 Å². The number of rotatable bonds is 5. The van der Waals surface area contributed by atoms with E-state index in [1.807, 2.05) is 18.2 Å². The molecule has 0 bridgehead atoms. The van der Waals surface area contributed by atoms with Crippen LogP contribution in [0.5, 0.6) is 0 Å². The summed E-state index contributed by atoms with van der Waals surface area (Å²) in [6.45, 7) is 0.0904. The van der Waals surface area contributed by atoms with Crippen molar-refractivity contribution in [3.05, 3.63) is 50.5 Å². The van der Waals surface area contributed by atoms with Crippen molar-refractivity contribution >= 4 is 40.3 Å². The van der Waals surface area contributed by atoms with Crippen molar-refractivity contribution in [3.8, 4) is 6.07 Å². The quantitative estimate of drug-likeness (QED) is 0.773. The topological polar surface area (TPSA) is 92.7 Å². The Balaban J connectivity index is 1.92. The molecule has 7 nitrogen and oxygen atoms in total. The Morgan fingerprint density at radius 2 is 2.26 bits per heavy atom. The number of aromatic nitrogens is 3. The van der Waals surface area contributed by atoms with Crippen LogP contribution in [0.3, 0.4) is 0 Å². The molecule has 0 radical (unpaired) electrons. The van der Waals surface area contributed by atoms with Crippen molar-refractivity contribution in [2.24, 2.45) is 7.05 Å². The van der Waals surface area contributed by atoms with E-state index in [1.54, 1.807) is 19.3 Å². The number of carbonyl (C=O) groups excluding carboxylic acids is 1. The molecular formula is C18H17Cl2N5O2. The molecule has 0 aliphatic heterocycles. The Kier molecular flexibility index (Phi) is 5.68. The maximum Gasteiger partial charge on any atom is 0.330 e. The molecule has 2 heterocycles. The van der Waals surface area contributed by atoms with Crippen molar-refractivity contribution in [2.45, 2.75) is 25.3 Å². The molecule has 0 aromatic carbocycles. The summed E-state index contributed by atoms with van der Waals surface area (Å²) in [4.78, 5) is 29.0. The summed E-state index contributed by atoms with van der Waals surface area (Å²) < 4.78 is 2.78. The van der Waals surface area contributed by atoms with E-state index in [-0.39, 0.29) is 37.0 Å². The van der Waals surface area contributed by atoms with Crippen LogP contribution in [0.25, 0.3) is 11.2 Å². The highest BCUT2D eigenvalue weighted by Gasteiger charge is 2.20. The van der Waals surface area contributed by atoms with Crippen LogP contribution in [0.1, 0.15) is 24.3 Å². The SMILES string of the molecule is Cn1c(=O)n(CC(=O)NCCC#N)c2ncc(C3C=C(Cl)C=C(Cl)C3)cc21. The van der Waals surface area contributed by atoms with E-state index in [0.717, 1.165) is 5.56 Å². The third-order valence-corrected chi connectivity index (χ3v) is 4.86. The Bertz CT molecular complexity index is 1060. The highest BCUT2D eigenvalue weighted by molar-refractivity contribution is 6.35. The second-order valence-corrected chi connectivity index (χ2v) is 7.17. The van der Waals surface area contributed by atoms with Crippen LogP contribution in [0.2, 0.25) is 0 Å². The summed E-state index contributed by atoms with van der Waals surface area (Å²) in [6.07, 6.45) is 6.11. The number of aryl methyl sites for hydroxylation is 1. The molecule has 1 aliphatic carbocycles. The maximum absolute atomic E-state index is 12.5. The number of nitrogens with zero attached hydrogens (tertiary/aromatic N) is 4. The molecule has 1 N–H and O–H groups in total. The number of nitrogens with one attached hydrogen (secondary N) is 1. The van der Waals surface area contributed by atoms with Crippen LogP contribution in [0.4, 0.5) is 0 Å². The lowest BCUT2D eigenvalue weighted by Gasteiger charge is -2.17. The third kappa shape index (κ3) is 4.07. The van der Waals surface area contributed by atoms with Crippen LogP contribution in [-0.4, -0.2) is 26.6 Å². The predicted molar refractivity (Wildman–Crippen MR) is 103 cm³/mol. The van der Waals surface area contributed by atoms with Gasteiger partial charge in [0.25, 0.3) is 0 Å². The van der Waals surface area contributed by atoms with Crippen molar-refractivity contribution in [1.29, 1.82) is 5.26 Å². The van der Waals surface area contributed by atoms with Crippen molar-refractivity contribution in [2.75, 3.05) is 6.54 Å². The molecule has 2 aromatic heterocycles. The van der Waals surface area contributed by atoms with Crippen LogP contribution in [0, 0.1) is 11.3 Å². The highest BCUT2D eigenvalue weighted by atomic mass is 35.5. The predicted octanol–water partition coefficient (Wildman–Crippen LogP) is 2.50. The molecule has 9 heteroatoms. The minimum atomic E-state index is -0.343. The molecule has 3 rings (SSSR count). The minimum Gasteiger partial charge on any atom is -0.354 e. The number of fused-ring (bicyclic) bond motifs is 1. The molecule has 1 aliphatic rings. The first kappa shape index (κ1) is 19.2. The van der Waals surface area contributed by atoms with Gasteiger partial charge in [-0.1, -0.05) is 29.3 Å². The average Bonchev–Trinajstić information content (AvgIpc) is 2.86. The monoisotopic (exact) mass is 405 g/mol. The third-order valence-electron chi connectivity index (χ3n) is 4.36.